The maximum absolute atomic E-state index is 14.6. The summed E-state index contributed by atoms with van der Waals surface area (Å²) in [6.45, 7) is 5.36. The third-order valence-corrected chi connectivity index (χ3v) is 18.9. The zero-order valence-corrected chi connectivity index (χ0v) is 58.5. The maximum Gasteiger partial charge on any atom is 0.417 e. The lowest BCUT2D eigenvalue weighted by Gasteiger charge is -2.26. The number of amides is 2. The number of imide groups is 1. The van der Waals surface area contributed by atoms with Gasteiger partial charge in [0.1, 0.15) is 54.2 Å². The lowest BCUT2D eigenvalue weighted by atomic mass is 10.0. The summed E-state index contributed by atoms with van der Waals surface area (Å²) in [5.74, 6) is 4.37. The van der Waals surface area contributed by atoms with Crippen LogP contribution in [0.25, 0.3) is 66.5 Å². The molecule has 2 unspecified atom stereocenters. The minimum absolute atomic E-state index is 0.110. The number of carbonyl (C=O) groups is 3. The number of hydrogen-bond acceptors (Lipinski definition) is 14. The lowest BCUT2D eigenvalue weighted by Crippen LogP contribution is -2.44. The highest BCUT2D eigenvalue weighted by molar-refractivity contribution is 6.12. The highest BCUT2D eigenvalue weighted by atomic mass is 16.6. The number of ether oxygens (including phenoxy) is 7. The normalized spacial score (nSPS) is 13.3. The van der Waals surface area contributed by atoms with E-state index in [0.29, 0.717) is 94.1 Å². The monoisotopic (exact) mass is 1410 g/mol. The maximum atomic E-state index is 14.6. The number of aliphatic carboxylic acids is 1. The zero-order valence-electron chi connectivity index (χ0n) is 58.5. The first-order valence-electron chi connectivity index (χ1n) is 34.8. The van der Waals surface area contributed by atoms with Crippen LogP contribution in [0.15, 0.2) is 282 Å². The van der Waals surface area contributed by atoms with E-state index >= 15 is 0 Å². The van der Waals surface area contributed by atoms with E-state index < -0.39 is 36.2 Å². The van der Waals surface area contributed by atoms with E-state index in [1.165, 1.54) is 4.90 Å². The van der Waals surface area contributed by atoms with Crippen molar-refractivity contribution in [1.29, 1.82) is 0 Å². The molecule has 0 radical (unpaired) electrons. The van der Waals surface area contributed by atoms with E-state index in [9.17, 15) is 19.5 Å². The number of para-hydroxylation sites is 2. The first-order valence-corrected chi connectivity index (χ1v) is 34.8. The van der Waals surface area contributed by atoms with E-state index in [-0.39, 0.29) is 19.8 Å². The van der Waals surface area contributed by atoms with Crippen molar-refractivity contribution in [1.82, 2.24) is 24.0 Å². The molecule has 3 atom stereocenters. The van der Waals surface area contributed by atoms with Crippen molar-refractivity contribution in [2.45, 2.75) is 64.8 Å². The van der Waals surface area contributed by atoms with Gasteiger partial charge in [-0.05, 0) is 122 Å². The van der Waals surface area contributed by atoms with Gasteiger partial charge in [-0.25, -0.2) is 24.5 Å². The molecule has 5 heterocycles. The summed E-state index contributed by atoms with van der Waals surface area (Å²) in [5.41, 5.74) is 11.3. The second-order valence-corrected chi connectivity index (χ2v) is 25.6. The average molecular weight is 1410 g/mol. The second kappa shape index (κ2) is 30.7. The number of rotatable bonds is 24. The highest BCUT2D eigenvalue weighted by Gasteiger charge is 2.43. The number of oxazole rings is 2. The number of carboxylic acids is 1. The summed E-state index contributed by atoms with van der Waals surface area (Å²) < 4.78 is 58.7. The van der Waals surface area contributed by atoms with E-state index in [0.717, 1.165) is 77.1 Å². The Bertz CT molecular complexity index is 5640. The first-order chi connectivity index (χ1) is 51.9. The third kappa shape index (κ3) is 14.3. The Balaban J connectivity index is 0.000000174. The van der Waals surface area contributed by atoms with Crippen LogP contribution in [0.5, 0.6) is 34.5 Å². The quantitative estimate of drug-likeness (QED) is 0.0598. The Morgan fingerprint density at radius 1 is 0.462 bits per heavy atom. The molecule has 0 spiro atoms. The molecule has 1 aliphatic heterocycles. The second-order valence-electron chi connectivity index (χ2n) is 25.6. The van der Waals surface area contributed by atoms with Crippen molar-refractivity contribution >= 4 is 61.6 Å². The van der Waals surface area contributed by atoms with Crippen molar-refractivity contribution in [2.75, 3.05) is 20.8 Å². The van der Waals surface area contributed by atoms with Gasteiger partial charge in [-0.1, -0.05) is 188 Å². The van der Waals surface area contributed by atoms with Crippen LogP contribution in [-0.2, 0) is 47.1 Å². The Labute approximate surface area is 610 Å². The van der Waals surface area contributed by atoms with Crippen molar-refractivity contribution < 1.29 is 61.5 Å². The van der Waals surface area contributed by atoms with E-state index in [1.807, 2.05) is 257 Å². The van der Waals surface area contributed by atoms with E-state index in [4.69, 9.17) is 42.0 Å². The van der Waals surface area contributed by atoms with Gasteiger partial charge in [0, 0.05) is 67.9 Å². The molecular formula is C88H73N5O13. The van der Waals surface area contributed by atoms with Crippen LogP contribution in [-0.4, -0.2) is 73.9 Å². The summed E-state index contributed by atoms with van der Waals surface area (Å²) >= 11 is 0. The molecule has 11 aromatic carbocycles. The molecule has 1 fully saturated rings. The number of nitrogens with zero attached hydrogens (tertiary/aromatic N) is 5. The largest absolute Gasteiger partial charge is 0.493 e. The van der Waals surface area contributed by atoms with Crippen LogP contribution in [0.4, 0.5) is 4.79 Å². The number of aryl methyl sites for hydroxylation is 2. The van der Waals surface area contributed by atoms with Crippen molar-refractivity contribution in [3.8, 4) is 57.4 Å². The van der Waals surface area contributed by atoms with Gasteiger partial charge in [-0.2, -0.15) is 0 Å². The summed E-state index contributed by atoms with van der Waals surface area (Å²) in [4.78, 5) is 50.6. The van der Waals surface area contributed by atoms with Crippen LogP contribution in [0.2, 0.25) is 0 Å². The summed E-state index contributed by atoms with van der Waals surface area (Å²) in [7, 11) is 3.25. The van der Waals surface area contributed by atoms with Crippen molar-refractivity contribution in [2.24, 2.45) is 0 Å². The standard InChI is InChI=1S/C49H41N3O7.C39H32N2O6/c1-32-39(50-47(58-32)36-19-10-5-11-20-36)31-56-42-26-25-34(28-44(42)55-2)29-51-40-22-13-12-21-38(40)45-41(51)23-14-24-43(45)59-46(35-17-8-4-9-18-35)48(53)52-37(30-57-49(52)54)27-33-15-6-3-7-16-33;1-25-30(40-38(46-25)28-14-7-4-8-15-28)24-45-33-21-20-26(22-35(33)44-2)23-41-31-17-10-9-16-29(31)36-32(41)18-11-19-34(36)47-37(39(42)43)27-12-5-3-6-13-27/h3-26,28,37,46H,27,29-31H2,1-2H3;3-22,37H,23-24H2,1-2H3,(H,42,43)/t37-,46?;/m0./s1. The van der Waals surface area contributed by atoms with Gasteiger partial charge in [0.2, 0.25) is 24.0 Å². The first kappa shape index (κ1) is 68.4. The molecule has 4 aromatic heterocycles. The third-order valence-electron chi connectivity index (χ3n) is 18.9. The molecule has 0 aliphatic carbocycles. The number of carbonyl (C=O) groups excluding carboxylic acids is 2. The topological polar surface area (TPSA) is 201 Å². The van der Waals surface area contributed by atoms with Gasteiger partial charge in [0.25, 0.3) is 5.91 Å². The number of aromatic nitrogens is 4. The zero-order chi connectivity index (χ0) is 72.6. The van der Waals surface area contributed by atoms with Gasteiger partial charge < -0.3 is 56.2 Å². The molecule has 2 amide bonds. The van der Waals surface area contributed by atoms with E-state index in [1.54, 1.807) is 26.4 Å². The summed E-state index contributed by atoms with van der Waals surface area (Å²) in [6, 6.07) is 86.7. The van der Waals surface area contributed by atoms with Gasteiger partial charge in [0.05, 0.1) is 31.3 Å². The molecule has 16 rings (SSSR count). The molecule has 1 N–H and O–H groups in total. The number of carboxylic acid groups (broad SMARTS) is 1. The number of fused-ring (bicyclic) bond motifs is 6. The molecule has 106 heavy (non-hydrogen) atoms. The molecular weight excluding hydrogens is 1330 g/mol. The molecule has 18 nitrogen and oxygen atoms in total. The number of cyclic esters (lactones) is 1. The molecule has 528 valence electrons. The minimum atomic E-state index is -1.15. The molecule has 1 saturated heterocycles. The van der Waals surface area contributed by atoms with Crippen LogP contribution >= 0.6 is 0 Å². The SMILES string of the molecule is COc1cc(Cn2c3ccccc3c3c(OC(C(=O)N4C(=O)OC[C@@H]4Cc4ccccc4)c4ccccc4)cccc32)ccc1OCc1nc(-c2ccccc2)oc1C.COc1cc(Cn2c3ccccc3c3c(OC(C(=O)O)c4ccccc4)cccc32)ccc1OCc1nc(-c2ccccc2)oc1C. The van der Waals surface area contributed by atoms with Gasteiger partial charge >= 0.3 is 12.1 Å². The Kier molecular flexibility index (Phi) is 19.8. The van der Waals surface area contributed by atoms with Crippen molar-refractivity contribution in [3.05, 3.63) is 324 Å². The van der Waals surface area contributed by atoms with Gasteiger partial charge in [-0.3, -0.25) is 4.79 Å². The smallest absolute Gasteiger partial charge is 0.417 e. The molecule has 15 aromatic rings. The highest BCUT2D eigenvalue weighted by Crippen LogP contribution is 2.42. The van der Waals surface area contributed by atoms with Crippen LogP contribution in [0.3, 0.4) is 0 Å². The summed E-state index contributed by atoms with van der Waals surface area (Å²) in [5, 5.41) is 13.7. The molecule has 18 heteroatoms. The van der Waals surface area contributed by atoms with Gasteiger partial charge in [-0.15, -0.1) is 0 Å². The van der Waals surface area contributed by atoms with Crippen LogP contribution < -0.4 is 28.4 Å². The van der Waals surface area contributed by atoms with Crippen LogP contribution in [0.1, 0.15) is 62.9 Å². The predicted octanol–water partition coefficient (Wildman–Crippen LogP) is 18.7. The van der Waals surface area contributed by atoms with Gasteiger partial charge in [0.15, 0.2) is 23.0 Å². The summed E-state index contributed by atoms with van der Waals surface area (Å²) in [6.07, 6.45) is -2.47. The average Bonchev–Trinajstić information content (AvgIpc) is 1.60. The molecule has 0 bridgehead atoms. The Morgan fingerprint density at radius 2 is 0.877 bits per heavy atom. The van der Waals surface area contributed by atoms with Crippen LogP contribution in [0, 0.1) is 13.8 Å². The van der Waals surface area contributed by atoms with E-state index in [2.05, 4.69) is 37.3 Å². The lowest BCUT2D eigenvalue weighted by molar-refractivity contribution is -0.145. The predicted molar refractivity (Wildman–Crippen MR) is 404 cm³/mol. The fraction of sp³-hybridized carbons (Fsp3) is 0.148. The van der Waals surface area contributed by atoms with Crippen molar-refractivity contribution in [3.63, 3.8) is 0 Å². The number of methoxy groups -OCH3 is 2. The molecule has 0 saturated carbocycles. The minimum Gasteiger partial charge on any atom is -0.493 e. The molecule has 1 aliphatic rings. The number of benzene rings is 11. The fourth-order valence-electron chi connectivity index (χ4n) is 13.6. The Morgan fingerprint density at radius 3 is 1.34 bits per heavy atom. The fourth-order valence-corrected chi connectivity index (χ4v) is 13.6. The Hall–Kier alpha value is -13.4. The number of hydrogen-bond donors (Lipinski definition) is 1.